The number of halogens is 2. The van der Waals surface area contributed by atoms with E-state index in [4.69, 9.17) is 32.5 Å². The topological polar surface area (TPSA) is 79.9 Å². The average molecular weight is 596 g/mol. The van der Waals surface area contributed by atoms with Gasteiger partial charge in [-0.25, -0.2) is 0 Å². The molecule has 2 amide bonds. The average Bonchev–Trinajstić information content (AvgIpc) is 3.03. The molecule has 2 heterocycles. The second-order valence-corrected chi connectivity index (χ2v) is 14.4. The van der Waals surface area contributed by atoms with E-state index < -0.39 is 11.1 Å². The molecule has 0 saturated carbocycles. The summed E-state index contributed by atoms with van der Waals surface area (Å²) in [5, 5.41) is 7.44. The molecule has 1 unspecified atom stereocenters. The number of carbonyl (C=O) groups is 2. The smallest absolute Gasteiger partial charge is 0.403 e. The molecule has 3 rings (SSSR count). The van der Waals surface area contributed by atoms with E-state index in [0.717, 1.165) is 57.2 Å². The standard InChI is InChI=1S/C30H48BCl2N3O4/c1-21(37)34-30(26(38)35-27(2,3)4,15-9-10-16-31-39-28(5,6)29(7,8)40-31)23-13-17-36(18-14-23)20-22-11-12-24(32)25(33)19-22/h11-12,19,23H,9-10,13-18,20H2,1-8H3,(H,34,37)(H,35,38). The number of likely N-dealkylation sites (tertiary alicyclic amines) is 1. The van der Waals surface area contributed by atoms with Gasteiger partial charge in [0, 0.05) is 19.0 Å². The lowest BCUT2D eigenvalue weighted by atomic mass is 9.72. The number of nitrogens with zero attached hydrogens (tertiary/aromatic N) is 1. The third kappa shape index (κ3) is 8.38. The minimum absolute atomic E-state index is 0.0145. The van der Waals surface area contributed by atoms with Gasteiger partial charge in [0.25, 0.3) is 0 Å². The molecule has 2 aliphatic rings. The van der Waals surface area contributed by atoms with Crippen molar-refractivity contribution < 1.29 is 18.9 Å². The van der Waals surface area contributed by atoms with Crippen LogP contribution in [0.1, 0.15) is 93.1 Å². The molecule has 1 atom stereocenters. The normalized spacial score (nSPS) is 21.2. The van der Waals surface area contributed by atoms with Gasteiger partial charge >= 0.3 is 7.12 Å². The number of carbonyl (C=O) groups excluding carboxylic acids is 2. The second-order valence-electron chi connectivity index (χ2n) is 13.6. The summed E-state index contributed by atoms with van der Waals surface area (Å²) in [5.41, 5.74) is -1.03. The van der Waals surface area contributed by atoms with Crippen molar-refractivity contribution in [3.63, 3.8) is 0 Å². The van der Waals surface area contributed by atoms with Crippen LogP contribution >= 0.6 is 23.2 Å². The largest absolute Gasteiger partial charge is 0.457 e. The number of benzene rings is 1. The molecule has 0 radical (unpaired) electrons. The number of unbranched alkanes of at least 4 members (excludes halogenated alkanes) is 1. The molecule has 0 bridgehead atoms. The molecule has 224 valence electrons. The third-order valence-corrected chi connectivity index (χ3v) is 9.27. The lowest BCUT2D eigenvalue weighted by Crippen LogP contribution is -2.66. The van der Waals surface area contributed by atoms with Gasteiger partial charge in [0.1, 0.15) is 5.54 Å². The van der Waals surface area contributed by atoms with Crippen molar-refractivity contribution in [2.75, 3.05) is 13.1 Å². The minimum Gasteiger partial charge on any atom is -0.403 e. The second kappa shape index (κ2) is 12.9. The number of amides is 2. The van der Waals surface area contributed by atoms with E-state index >= 15 is 0 Å². The summed E-state index contributed by atoms with van der Waals surface area (Å²) in [6.45, 7) is 18.1. The molecule has 2 saturated heterocycles. The maximum atomic E-state index is 14.0. The van der Waals surface area contributed by atoms with Crippen molar-refractivity contribution in [1.29, 1.82) is 0 Å². The molecule has 10 heteroatoms. The maximum absolute atomic E-state index is 14.0. The summed E-state index contributed by atoms with van der Waals surface area (Å²) in [5.74, 6) is -0.275. The molecule has 0 aromatic heterocycles. The van der Waals surface area contributed by atoms with E-state index in [0.29, 0.717) is 16.5 Å². The first kappa shape index (κ1) is 33.2. The first-order chi connectivity index (χ1) is 18.4. The molecule has 7 nitrogen and oxygen atoms in total. The minimum atomic E-state index is -0.981. The monoisotopic (exact) mass is 595 g/mol. The fourth-order valence-electron chi connectivity index (χ4n) is 5.77. The van der Waals surface area contributed by atoms with E-state index in [1.807, 2.05) is 39.0 Å². The Morgan fingerprint density at radius 2 is 1.60 bits per heavy atom. The van der Waals surface area contributed by atoms with Crippen molar-refractivity contribution in [2.45, 2.75) is 123 Å². The van der Waals surface area contributed by atoms with Gasteiger partial charge in [-0.05, 0) is 111 Å². The van der Waals surface area contributed by atoms with Gasteiger partial charge in [0.2, 0.25) is 11.8 Å². The van der Waals surface area contributed by atoms with E-state index in [-0.39, 0.29) is 36.1 Å². The highest BCUT2D eigenvalue weighted by Gasteiger charge is 2.51. The molecule has 1 aromatic carbocycles. The molecule has 2 fully saturated rings. The summed E-state index contributed by atoms with van der Waals surface area (Å²) >= 11 is 12.3. The maximum Gasteiger partial charge on any atom is 0.457 e. The SMILES string of the molecule is CC(=O)NC(CCCCB1OC(C)(C)C(C)(C)O1)(C(=O)NC(C)(C)C)C1CCN(Cc2ccc(Cl)c(Cl)c2)CC1. The van der Waals surface area contributed by atoms with Crippen LogP contribution in [-0.4, -0.2) is 59.2 Å². The molecule has 0 spiro atoms. The van der Waals surface area contributed by atoms with Gasteiger partial charge < -0.3 is 19.9 Å². The molecular formula is C30H48BCl2N3O4. The summed E-state index contributed by atoms with van der Waals surface area (Å²) in [6.07, 6.45) is 4.51. The predicted octanol–water partition coefficient (Wildman–Crippen LogP) is 6.26. The number of piperidine rings is 1. The van der Waals surface area contributed by atoms with Gasteiger partial charge in [-0.2, -0.15) is 0 Å². The Morgan fingerprint density at radius 3 is 2.12 bits per heavy atom. The Labute approximate surface area is 251 Å². The van der Waals surface area contributed by atoms with Crippen LogP contribution in [0.25, 0.3) is 0 Å². The summed E-state index contributed by atoms with van der Waals surface area (Å²) in [4.78, 5) is 28.9. The van der Waals surface area contributed by atoms with Crippen LogP contribution in [0.3, 0.4) is 0 Å². The first-order valence-corrected chi connectivity index (χ1v) is 15.3. The molecular weight excluding hydrogens is 548 g/mol. The van der Waals surface area contributed by atoms with Crippen LogP contribution in [0, 0.1) is 5.92 Å². The Kier molecular flexibility index (Phi) is 10.7. The summed E-state index contributed by atoms with van der Waals surface area (Å²) in [7, 11) is -0.270. The van der Waals surface area contributed by atoms with Gasteiger partial charge in [-0.3, -0.25) is 14.5 Å². The highest BCUT2D eigenvalue weighted by molar-refractivity contribution is 6.45. The summed E-state index contributed by atoms with van der Waals surface area (Å²) in [6, 6.07) is 5.74. The Balaban J connectivity index is 1.71. The number of nitrogens with one attached hydrogen (secondary N) is 2. The van der Waals surface area contributed by atoms with Crippen molar-refractivity contribution in [1.82, 2.24) is 15.5 Å². The van der Waals surface area contributed by atoms with Crippen LogP contribution < -0.4 is 10.6 Å². The highest BCUT2D eigenvalue weighted by atomic mass is 35.5. The predicted molar refractivity (Wildman–Crippen MR) is 164 cm³/mol. The lowest BCUT2D eigenvalue weighted by Gasteiger charge is -2.45. The number of hydrogen-bond acceptors (Lipinski definition) is 5. The van der Waals surface area contributed by atoms with E-state index in [9.17, 15) is 9.59 Å². The van der Waals surface area contributed by atoms with Crippen LogP contribution in [0.15, 0.2) is 18.2 Å². The number of hydrogen-bond donors (Lipinski definition) is 2. The molecule has 2 N–H and O–H groups in total. The van der Waals surface area contributed by atoms with Crippen LogP contribution in [0.4, 0.5) is 0 Å². The third-order valence-electron chi connectivity index (χ3n) is 8.53. The quantitative estimate of drug-likeness (QED) is 0.247. The zero-order chi connectivity index (χ0) is 29.9. The zero-order valence-electron chi connectivity index (χ0n) is 25.6. The van der Waals surface area contributed by atoms with Gasteiger partial charge in [-0.15, -0.1) is 0 Å². The molecule has 2 aliphatic heterocycles. The number of rotatable bonds is 10. The lowest BCUT2D eigenvalue weighted by molar-refractivity contribution is -0.138. The molecule has 0 aliphatic carbocycles. The molecule has 40 heavy (non-hydrogen) atoms. The molecule has 1 aromatic rings. The van der Waals surface area contributed by atoms with E-state index in [2.05, 4.69) is 43.2 Å². The van der Waals surface area contributed by atoms with Crippen molar-refractivity contribution in [3.8, 4) is 0 Å². The Bertz CT molecular complexity index is 1040. The van der Waals surface area contributed by atoms with Crippen molar-refractivity contribution >= 4 is 42.1 Å². The van der Waals surface area contributed by atoms with Gasteiger partial charge in [0.05, 0.1) is 21.2 Å². The highest BCUT2D eigenvalue weighted by Crippen LogP contribution is 2.39. The Hall–Kier alpha value is -1.32. The fourth-order valence-corrected chi connectivity index (χ4v) is 6.09. The van der Waals surface area contributed by atoms with Gasteiger partial charge in [0.15, 0.2) is 0 Å². The van der Waals surface area contributed by atoms with Crippen molar-refractivity contribution in [3.05, 3.63) is 33.8 Å². The van der Waals surface area contributed by atoms with Crippen molar-refractivity contribution in [2.24, 2.45) is 5.92 Å². The van der Waals surface area contributed by atoms with E-state index in [1.165, 1.54) is 6.92 Å². The van der Waals surface area contributed by atoms with Crippen LogP contribution in [0.5, 0.6) is 0 Å². The summed E-state index contributed by atoms with van der Waals surface area (Å²) < 4.78 is 12.3. The first-order valence-electron chi connectivity index (χ1n) is 14.6. The van der Waals surface area contributed by atoms with Gasteiger partial charge in [-0.1, -0.05) is 42.1 Å². The zero-order valence-corrected chi connectivity index (χ0v) is 27.1. The van der Waals surface area contributed by atoms with E-state index in [1.54, 1.807) is 0 Å². The Morgan fingerprint density at radius 1 is 1.00 bits per heavy atom. The van der Waals surface area contributed by atoms with Crippen LogP contribution in [0.2, 0.25) is 16.4 Å². The fraction of sp³-hybridized carbons (Fsp3) is 0.733. The van der Waals surface area contributed by atoms with Crippen LogP contribution in [-0.2, 0) is 25.4 Å².